The fourth-order valence-corrected chi connectivity index (χ4v) is 2.46. The standard InChI is InChI=1S/C16H19N3O.C2H6/c1-19-6-7-20-16-5-3-11(8-13(16)10-19)12-2-4-14(17)15(18)9-12;1-2/h2-5,8-9H,6-7,10,17-18H2,1H3;1-2H3. The molecule has 1 heterocycles. The van der Waals surface area contributed by atoms with Gasteiger partial charge in [-0.2, -0.15) is 0 Å². The quantitative estimate of drug-likeness (QED) is 0.792. The number of nitrogen functional groups attached to an aromatic ring is 2. The maximum absolute atomic E-state index is 5.88. The number of nitrogens with zero attached hydrogens (tertiary/aromatic N) is 1. The van der Waals surface area contributed by atoms with E-state index in [0.29, 0.717) is 11.4 Å². The molecule has 0 radical (unpaired) electrons. The summed E-state index contributed by atoms with van der Waals surface area (Å²) >= 11 is 0. The maximum atomic E-state index is 5.88. The van der Waals surface area contributed by atoms with Crippen LogP contribution in [0.1, 0.15) is 19.4 Å². The van der Waals surface area contributed by atoms with E-state index in [0.717, 1.165) is 36.6 Å². The topological polar surface area (TPSA) is 64.5 Å². The Kier molecular flexibility index (Phi) is 5.28. The van der Waals surface area contributed by atoms with Gasteiger partial charge in [-0.3, -0.25) is 4.90 Å². The molecule has 0 fully saturated rings. The molecule has 1 aliphatic heterocycles. The third-order valence-corrected chi connectivity index (χ3v) is 3.65. The summed E-state index contributed by atoms with van der Waals surface area (Å²) in [6.07, 6.45) is 0. The number of ether oxygens (including phenoxy) is 1. The van der Waals surface area contributed by atoms with Crippen LogP contribution in [0, 0.1) is 0 Å². The van der Waals surface area contributed by atoms with Crippen LogP contribution in [-0.4, -0.2) is 25.1 Å². The highest BCUT2D eigenvalue weighted by molar-refractivity contribution is 5.75. The van der Waals surface area contributed by atoms with E-state index in [2.05, 4.69) is 24.1 Å². The van der Waals surface area contributed by atoms with E-state index < -0.39 is 0 Å². The normalized spacial score (nSPS) is 14.1. The Bertz CT molecular complexity index is 640. The average Bonchev–Trinajstić information content (AvgIpc) is 2.71. The van der Waals surface area contributed by atoms with Crippen molar-refractivity contribution in [3.05, 3.63) is 42.0 Å². The first kappa shape index (κ1) is 16.2. The molecule has 2 aromatic carbocycles. The summed E-state index contributed by atoms with van der Waals surface area (Å²) in [4.78, 5) is 2.26. The zero-order valence-electron chi connectivity index (χ0n) is 13.6. The summed E-state index contributed by atoms with van der Waals surface area (Å²) in [5.74, 6) is 0.974. The molecular formula is C18H25N3O. The Hall–Kier alpha value is -2.20. The SMILES string of the molecule is CC.CN1CCOc2ccc(-c3ccc(N)c(N)c3)cc2C1. The van der Waals surface area contributed by atoms with Gasteiger partial charge in [0.1, 0.15) is 12.4 Å². The highest BCUT2D eigenvalue weighted by Crippen LogP contribution is 2.31. The molecule has 0 amide bonds. The summed E-state index contributed by atoms with van der Waals surface area (Å²) in [6, 6.07) is 12.0. The molecule has 3 rings (SSSR count). The fourth-order valence-electron chi connectivity index (χ4n) is 2.46. The summed E-state index contributed by atoms with van der Waals surface area (Å²) in [6.45, 7) is 6.57. The van der Waals surface area contributed by atoms with Gasteiger partial charge in [-0.25, -0.2) is 0 Å². The first-order chi connectivity index (χ1) is 10.6. The Balaban J connectivity index is 0.000000847. The number of likely N-dealkylation sites (N-methyl/N-ethyl adjacent to an activating group) is 1. The first-order valence-corrected chi connectivity index (χ1v) is 7.73. The number of hydrogen-bond donors (Lipinski definition) is 2. The second kappa shape index (κ2) is 7.18. The van der Waals surface area contributed by atoms with Gasteiger partial charge in [-0.05, 0) is 42.4 Å². The number of rotatable bonds is 1. The predicted octanol–water partition coefficient (Wildman–Crippen LogP) is 3.37. The minimum absolute atomic E-state index is 0.616. The molecule has 0 saturated heterocycles. The van der Waals surface area contributed by atoms with Crippen molar-refractivity contribution in [1.29, 1.82) is 0 Å². The lowest BCUT2D eigenvalue weighted by Gasteiger charge is -2.13. The van der Waals surface area contributed by atoms with E-state index >= 15 is 0 Å². The molecule has 0 spiro atoms. The van der Waals surface area contributed by atoms with Gasteiger partial charge in [0, 0.05) is 18.7 Å². The van der Waals surface area contributed by atoms with Gasteiger partial charge in [0.05, 0.1) is 11.4 Å². The highest BCUT2D eigenvalue weighted by Gasteiger charge is 2.13. The van der Waals surface area contributed by atoms with Crippen molar-refractivity contribution in [2.45, 2.75) is 20.4 Å². The van der Waals surface area contributed by atoms with Crippen LogP contribution in [0.3, 0.4) is 0 Å². The molecule has 22 heavy (non-hydrogen) atoms. The molecule has 0 atom stereocenters. The van der Waals surface area contributed by atoms with Gasteiger partial charge in [0.2, 0.25) is 0 Å². The van der Waals surface area contributed by atoms with Crippen molar-refractivity contribution in [1.82, 2.24) is 4.90 Å². The average molecular weight is 299 g/mol. The van der Waals surface area contributed by atoms with Crippen molar-refractivity contribution < 1.29 is 4.74 Å². The molecular weight excluding hydrogens is 274 g/mol. The van der Waals surface area contributed by atoms with Crippen LogP contribution in [0.5, 0.6) is 5.75 Å². The zero-order chi connectivity index (χ0) is 16.1. The van der Waals surface area contributed by atoms with Gasteiger partial charge >= 0.3 is 0 Å². The second-order valence-corrected chi connectivity index (χ2v) is 5.25. The van der Waals surface area contributed by atoms with E-state index in [9.17, 15) is 0 Å². The van der Waals surface area contributed by atoms with Crippen LogP contribution in [0.2, 0.25) is 0 Å². The number of nitrogens with two attached hydrogens (primary N) is 2. The largest absolute Gasteiger partial charge is 0.492 e. The molecule has 4 heteroatoms. The molecule has 0 bridgehead atoms. The number of hydrogen-bond acceptors (Lipinski definition) is 4. The fraction of sp³-hybridized carbons (Fsp3) is 0.333. The van der Waals surface area contributed by atoms with E-state index in [-0.39, 0.29) is 0 Å². The summed E-state index contributed by atoms with van der Waals surface area (Å²) < 4.78 is 5.77. The van der Waals surface area contributed by atoms with Crippen LogP contribution < -0.4 is 16.2 Å². The van der Waals surface area contributed by atoms with Crippen LogP contribution in [0.15, 0.2) is 36.4 Å². The third kappa shape index (κ3) is 3.52. The molecule has 0 aromatic heterocycles. The van der Waals surface area contributed by atoms with Crippen molar-refractivity contribution in [3.8, 4) is 16.9 Å². The van der Waals surface area contributed by atoms with Crippen LogP contribution in [0.25, 0.3) is 11.1 Å². The number of benzene rings is 2. The van der Waals surface area contributed by atoms with Crippen LogP contribution >= 0.6 is 0 Å². The Labute approximate surface area is 132 Å². The molecule has 0 unspecified atom stereocenters. The summed E-state index contributed by atoms with van der Waals surface area (Å²) in [5.41, 5.74) is 16.3. The highest BCUT2D eigenvalue weighted by atomic mass is 16.5. The Morgan fingerprint density at radius 2 is 1.64 bits per heavy atom. The number of fused-ring (bicyclic) bond motifs is 1. The number of anilines is 2. The predicted molar refractivity (Wildman–Crippen MR) is 93.9 cm³/mol. The van der Waals surface area contributed by atoms with Crippen LogP contribution in [-0.2, 0) is 6.54 Å². The maximum Gasteiger partial charge on any atom is 0.123 e. The first-order valence-electron chi connectivity index (χ1n) is 7.73. The molecule has 0 aliphatic carbocycles. The van der Waals surface area contributed by atoms with E-state index in [4.69, 9.17) is 16.2 Å². The minimum atomic E-state index is 0.616. The molecule has 4 N–H and O–H groups in total. The molecule has 4 nitrogen and oxygen atoms in total. The molecule has 0 saturated carbocycles. The molecule has 1 aliphatic rings. The van der Waals surface area contributed by atoms with Crippen molar-refractivity contribution in [2.75, 3.05) is 31.7 Å². The summed E-state index contributed by atoms with van der Waals surface area (Å²) in [7, 11) is 2.10. The van der Waals surface area contributed by atoms with Gasteiger partial charge in [-0.15, -0.1) is 0 Å². The van der Waals surface area contributed by atoms with Gasteiger partial charge in [0.15, 0.2) is 0 Å². The molecule has 118 valence electrons. The lowest BCUT2D eigenvalue weighted by atomic mass is 10.0. The minimum Gasteiger partial charge on any atom is -0.492 e. The van der Waals surface area contributed by atoms with Gasteiger partial charge in [0.25, 0.3) is 0 Å². The van der Waals surface area contributed by atoms with Crippen LogP contribution in [0.4, 0.5) is 11.4 Å². The lowest BCUT2D eigenvalue weighted by molar-refractivity contribution is 0.259. The zero-order valence-corrected chi connectivity index (χ0v) is 13.6. The lowest BCUT2D eigenvalue weighted by Crippen LogP contribution is -2.20. The molecule has 2 aromatic rings. The van der Waals surface area contributed by atoms with Crippen molar-refractivity contribution in [2.24, 2.45) is 0 Å². The van der Waals surface area contributed by atoms with E-state index in [1.165, 1.54) is 5.56 Å². The van der Waals surface area contributed by atoms with Crippen molar-refractivity contribution >= 4 is 11.4 Å². The third-order valence-electron chi connectivity index (χ3n) is 3.65. The Morgan fingerprint density at radius 1 is 0.955 bits per heavy atom. The summed E-state index contributed by atoms with van der Waals surface area (Å²) in [5, 5.41) is 0. The van der Waals surface area contributed by atoms with E-state index in [1.54, 1.807) is 0 Å². The van der Waals surface area contributed by atoms with E-state index in [1.807, 2.05) is 38.1 Å². The van der Waals surface area contributed by atoms with Crippen molar-refractivity contribution in [3.63, 3.8) is 0 Å². The van der Waals surface area contributed by atoms with Gasteiger partial charge in [-0.1, -0.05) is 26.0 Å². The van der Waals surface area contributed by atoms with Gasteiger partial charge < -0.3 is 16.2 Å². The monoisotopic (exact) mass is 299 g/mol. The Morgan fingerprint density at radius 3 is 2.36 bits per heavy atom. The second-order valence-electron chi connectivity index (χ2n) is 5.25. The smallest absolute Gasteiger partial charge is 0.123 e.